The number of imidazole rings is 1. The smallest absolute Gasteiger partial charge is 0.254 e. The van der Waals surface area contributed by atoms with Gasteiger partial charge in [-0.25, -0.2) is 4.98 Å². The normalized spacial score (nSPS) is 16.7. The number of nitrogens with one attached hydrogen (secondary N) is 1. The number of nitrogens with zero attached hydrogens (tertiary/aromatic N) is 3. The zero-order valence-electron chi connectivity index (χ0n) is 17.0. The first-order valence-corrected chi connectivity index (χ1v) is 10.6. The zero-order valence-corrected chi connectivity index (χ0v) is 17.0. The van der Waals surface area contributed by atoms with Gasteiger partial charge < -0.3 is 19.2 Å². The second-order valence-electron chi connectivity index (χ2n) is 7.94. The topological polar surface area (TPSA) is 63.3 Å². The third-order valence-corrected chi connectivity index (χ3v) is 6.16. The Balaban J connectivity index is 1.28. The molecule has 2 aromatic heterocycles. The molecule has 1 N–H and O–H groups in total. The third kappa shape index (κ3) is 3.71. The number of amides is 1. The molecule has 4 heterocycles. The van der Waals surface area contributed by atoms with Gasteiger partial charge in [0.2, 0.25) is 0 Å². The Labute approximate surface area is 176 Å². The highest BCUT2D eigenvalue weighted by molar-refractivity contribution is 5.93. The quantitative estimate of drug-likeness (QED) is 0.727. The minimum Gasteiger partial charge on any atom is -0.472 e. The van der Waals surface area contributed by atoms with E-state index in [0.717, 1.165) is 51.3 Å². The molecule has 5 rings (SSSR count). The maximum Gasteiger partial charge on any atom is 0.254 e. The number of rotatable bonds is 4. The van der Waals surface area contributed by atoms with Gasteiger partial charge in [-0.05, 0) is 36.5 Å². The molecule has 1 aromatic carbocycles. The molecule has 1 amide bonds. The molecule has 0 bridgehead atoms. The second-order valence-corrected chi connectivity index (χ2v) is 7.94. The summed E-state index contributed by atoms with van der Waals surface area (Å²) in [7, 11) is 0. The lowest BCUT2D eigenvalue weighted by Crippen LogP contribution is -2.38. The molecule has 3 aromatic rings. The van der Waals surface area contributed by atoms with E-state index in [-0.39, 0.29) is 5.91 Å². The van der Waals surface area contributed by atoms with Crippen LogP contribution in [-0.4, -0.2) is 46.5 Å². The highest BCUT2D eigenvalue weighted by Crippen LogP contribution is 2.35. The highest BCUT2D eigenvalue weighted by atomic mass is 16.3. The van der Waals surface area contributed by atoms with Crippen molar-refractivity contribution in [1.82, 2.24) is 19.8 Å². The fourth-order valence-electron chi connectivity index (χ4n) is 4.53. The van der Waals surface area contributed by atoms with Crippen LogP contribution in [0.2, 0.25) is 0 Å². The van der Waals surface area contributed by atoms with Crippen LogP contribution in [0.5, 0.6) is 0 Å². The number of likely N-dealkylation sites (tertiary alicyclic amines) is 1. The SMILES string of the molecule is O=C(NCCN1CCC(=C2c3ccccc3CCn3ccnc32)CC1)c1ccoc1. The number of hydrogen-bond acceptors (Lipinski definition) is 4. The van der Waals surface area contributed by atoms with Crippen LogP contribution in [0.4, 0.5) is 0 Å². The average Bonchev–Trinajstić information content (AvgIpc) is 3.45. The van der Waals surface area contributed by atoms with Crippen molar-refractivity contribution in [2.45, 2.75) is 25.8 Å². The van der Waals surface area contributed by atoms with E-state index >= 15 is 0 Å². The lowest BCUT2D eigenvalue weighted by Gasteiger charge is -2.30. The van der Waals surface area contributed by atoms with Crippen LogP contribution in [0.15, 0.2) is 65.2 Å². The number of hydrogen-bond donors (Lipinski definition) is 1. The van der Waals surface area contributed by atoms with Gasteiger partial charge in [-0.15, -0.1) is 0 Å². The fourth-order valence-corrected chi connectivity index (χ4v) is 4.53. The van der Waals surface area contributed by atoms with Gasteiger partial charge in [0.15, 0.2) is 0 Å². The summed E-state index contributed by atoms with van der Waals surface area (Å²) in [5.41, 5.74) is 6.16. The molecule has 1 fully saturated rings. The van der Waals surface area contributed by atoms with Crippen molar-refractivity contribution in [3.05, 3.63) is 83.3 Å². The van der Waals surface area contributed by atoms with Gasteiger partial charge in [0.05, 0.1) is 11.8 Å². The summed E-state index contributed by atoms with van der Waals surface area (Å²) in [5, 5.41) is 2.97. The Kier molecular flexibility index (Phi) is 5.24. The Morgan fingerprint density at radius 3 is 2.80 bits per heavy atom. The average molecular weight is 402 g/mol. The number of aromatic nitrogens is 2. The summed E-state index contributed by atoms with van der Waals surface area (Å²) < 4.78 is 7.26. The van der Waals surface area contributed by atoms with Crippen LogP contribution in [-0.2, 0) is 13.0 Å². The maximum absolute atomic E-state index is 12.0. The number of fused-ring (bicyclic) bond motifs is 2. The van der Waals surface area contributed by atoms with Gasteiger partial charge in [-0.2, -0.15) is 0 Å². The maximum atomic E-state index is 12.0. The molecule has 2 aliphatic heterocycles. The lowest BCUT2D eigenvalue weighted by molar-refractivity contribution is 0.0947. The number of aryl methyl sites for hydroxylation is 2. The van der Waals surface area contributed by atoms with Gasteiger partial charge in [-0.1, -0.05) is 29.8 Å². The van der Waals surface area contributed by atoms with Crippen molar-refractivity contribution in [2.24, 2.45) is 0 Å². The van der Waals surface area contributed by atoms with Crippen molar-refractivity contribution < 1.29 is 9.21 Å². The minimum atomic E-state index is -0.0783. The number of benzene rings is 1. The molecule has 30 heavy (non-hydrogen) atoms. The van der Waals surface area contributed by atoms with E-state index in [9.17, 15) is 4.79 Å². The highest BCUT2D eigenvalue weighted by Gasteiger charge is 2.24. The zero-order chi connectivity index (χ0) is 20.3. The Morgan fingerprint density at radius 2 is 1.97 bits per heavy atom. The van der Waals surface area contributed by atoms with E-state index in [1.165, 1.54) is 34.8 Å². The second kappa shape index (κ2) is 8.32. The summed E-state index contributed by atoms with van der Waals surface area (Å²) in [6, 6.07) is 10.5. The van der Waals surface area contributed by atoms with Crippen LogP contribution in [0, 0.1) is 0 Å². The van der Waals surface area contributed by atoms with Crippen molar-refractivity contribution in [1.29, 1.82) is 0 Å². The summed E-state index contributed by atoms with van der Waals surface area (Å²) in [5.74, 6) is 1.03. The van der Waals surface area contributed by atoms with Crippen LogP contribution in [0.25, 0.3) is 5.57 Å². The van der Waals surface area contributed by atoms with E-state index in [1.807, 2.05) is 6.20 Å². The molecule has 1 saturated heterocycles. The number of piperidine rings is 1. The lowest BCUT2D eigenvalue weighted by atomic mass is 9.90. The first-order valence-electron chi connectivity index (χ1n) is 10.6. The van der Waals surface area contributed by atoms with E-state index in [1.54, 1.807) is 6.07 Å². The van der Waals surface area contributed by atoms with Crippen LogP contribution >= 0.6 is 0 Å². The molecule has 2 aliphatic rings. The summed E-state index contributed by atoms with van der Waals surface area (Å²) >= 11 is 0. The van der Waals surface area contributed by atoms with E-state index < -0.39 is 0 Å². The van der Waals surface area contributed by atoms with Gasteiger partial charge in [0, 0.05) is 50.7 Å². The minimum absolute atomic E-state index is 0.0783. The Morgan fingerprint density at radius 1 is 1.10 bits per heavy atom. The van der Waals surface area contributed by atoms with E-state index in [4.69, 9.17) is 9.40 Å². The first-order chi connectivity index (χ1) is 14.8. The summed E-state index contributed by atoms with van der Waals surface area (Å²) in [6.07, 6.45) is 10.1. The predicted molar refractivity (Wildman–Crippen MR) is 115 cm³/mol. The fraction of sp³-hybridized carbons (Fsp3) is 0.333. The monoisotopic (exact) mass is 402 g/mol. The molecular formula is C24H26N4O2. The Bertz CT molecular complexity index is 1050. The largest absolute Gasteiger partial charge is 0.472 e. The summed E-state index contributed by atoms with van der Waals surface area (Å²) in [6.45, 7) is 4.48. The molecule has 6 heteroatoms. The molecule has 6 nitrogen and oxygen atoms in total. The number of furan rings is 1. The molecule has 154 valence electrons. The molecule has 0 spiro atoms. The van der Waals surface area contributed by atoms with Gasteiger partial charge in [-0.3, -0.25) is 4.79 Å². The van der Waals surface area contributed by atoms with Crippen LogP contribution in [0.3, 0.4) is 0 Å². The molecule has 0 aliphatic carbocycles. The van der Waals surface area contributed by atoms with E-state index in [2.05, 4.69) is 45.2 Å². The standard InChI is InChI=1S/C24H26N4O2/c29-24(20-8-16-30-17-20)26-9-14-27-11-5-19(6-12-27)22-21-4-2-1-3-18(21)7-13-28-15-10-25-23(22)28/h1-4,8,10,15-17H,5-7,9,11-14H2,(H,26,29). The van der Waals surface area contributed by atoms with Gasteiger partial charge >= 0.3 is 0 Å². The van der Waals surface area contributed by atoms with Crippen molar-refractivity contribution in [2.75, 3.05) is 26.2 Å². The van der Waals surface area contributed by atoms with Crippen molar-refractivity contribution in [3.63, 3.8) is 0 Å². The van der Waals surface area contributed by atoms with Crippen molar-refractivity contribution >= 4 is 11.5 Å². The van der Waals surface area contributed by atoms with Crippen molar-refractivity contribution in [3.8, 4) is 0 Å². The first kappa shape index (κ1) is 18.9. The van der Waals surface area contributed by atoms with Crippen LogP contribution < -0.4 is 5.32 Å². The molecular weight excluding hydrogens is 376 g/mol. The summed E-state index contributed by atoms with van der Waals surface area (Å²) in [4.78, 5) is 19.2. The number of carbonyl (C=O) groups excluding carboxylic acids is 1. The number of carbonyl (C=O) groups is 1. The van der Waals surface area contributed by atoms with Gasteiger partial charge in [0.1, 0.15) is 12.1 Å². The molecule has 0 saturated carbocycles. The predicted octanol–water partition coefficient (Wildman–Crippen LogP) is 3.36. The van der Waals surface area contributed by atoms with Gasteiger partial charge in [0.25, 0.3) is 5.91 Å². The Hall–Kier alpha value is -3.12. The van der Waals surface area contributed by atoms with Crippen LogP contribution in [0.1, 0.15) is 40.2 Å². The third-order valence-electron chi connectivity index (χ3n) is 6.16. The molecule has 0 atom stereocenters. The molecule has 0 radical (unpaired) electrons. The molecule has 0 unspecified atom stereocenters. The van der Waals surface area contributed by atoms with E-state index in [0.29, 0.717) is 12.1 Å².